The number of halogens is 3. The molecule has 7 nitrogen and oxygen atoms in total. The number of alkyl halides is 3. The van der Waals surface area contributed by atoms with Crippen molar-refractivity contribution in [3.8, 4) is 0 Å². The van der Waals surface area contributed by atoms with Gasteiger partial charge in [-0.15, -0.1) is 0 Å². The van der Waals surface area contributed by atoms with Gasteiger partial charge < -0.3 is 14.5 Å². The summed E-state index contributed by atoms with van der Waals surface area (Å²) in [4.78, 5) is 15.9. The molecule has 3 heterocycles. The van der Waals surface area contributed by atoms with Gasteiger partial charge in [-0.1, -0.05) is 0 Å². The van der Waals surface area contributed by atoms with Gasteiger partial charge in [0, 0.05) is 50.9 Å². The van der Waals surface area contributed by atoms with Crippen molar-refractivity contribution in [2.75, 3.05) is 43.1 Å². The zero-order chi connectivity index (χ0) is 18.0. The summed E-state index contributed by atoms with van der Waals surface area (Å²) in [5.74, 6) is 1.04. The first-order valence-corrected chi connectivity index (χ1v) is 8.38. The first kappa shape index (κ1) is 17.8. The van der Waals surface area contributed by atoms with Crippen LogP contribution in [0.4, 0.5) is 24.1 Å². The second kappa shape index (κ2) is 7.08. The fourth-order valence-corrected chi connectivity index (χ4v) is 3.27. The molecule has 11 heteroatoms. The van der Waals surface area contributed by atoms with Crippen LogP contribution in [0.3, 0.4) is 0 Å². The van der Waals surface area contributed by atoms with E-state index in [1.165, 1.54) is 18.5 Å². The Morgan fingerprint density at radius 3 is 2.44 bits per heavy atom. The van der Waals surface area contributed by atoms with Crippen LogP contribution in [0.1, 0.15) is 17.3 Å². The smallest absolute Gasteiger partial charge is 0.377 e. The van der Waals surface area contributed by atoms with Crippen molar-refractivity contribution in [3.05, 3.63) is 23.4 Å². The summed E-state index contributed by atoms with van der Waals surface area (Å²) in [7, 11) is 1.58. The maximum atomic E-state index is 12.9. The van der Waals surface area contributed by atoms with Crippen LogP contribution in [0.5, 0.6) is 0 Å². The Bertz CT molecular complexity index is 730. The Kier molecular flexibility index (Phi) is 5.04. The molecule has 1 aliphatic heterocycles. The molecule has 0 unspecified atom stereocenters. The third kappa shape index (κ3) is 4.15. The standard InChI is InChI=1S/C14H17F3N6OS/c1-9-18-10(14(15,16)17)7-12(19-9)22-3-5-23(6-4-22)13-20-11(8-24-2)21-25-13/h7H,3-6,8H2,1-2H3. The van der Waals surface area contributed by atoms with Crippen LogP contribution in [-0.2, 0) is 17.5 Å². The van der Waals surface area contributed by atoms with E-state index in [0.29, 0.717) is 44.4 Å². The van der Waals surface area contributed by atoms with Gasteiger partial charge >= 0.3 is 6.18 Å². The molecule has 0 N–H and O–H groups in total. The molecule has 2 aromatic rings. The number of nitrogens with zero attached hydrogens (tertiary/aromatic N) is 6. The molecule has 136 valence electrons. The molecule has 1 fully saturated rings. The van der Waals surface area contributed by atoms with Crippen LogP contribution < -0.4 is 9.80 Å². The molecule has 0 amide bonds. The third-order valence-corrected chi connectivity index (χ3v) is 4.53. The average molecular weight is 374 g/mol. The molecule has 0 spiro atoms. The first-order chi connectivity index (χ1) is 11.9. The Morgan fingerprint density at radius 2 is 1.80 bits per heavy atom. The molecule has 0 atom stereocenters. The van der Waals surface area contributed by atoms with Crippen molar-refractivity contribution in [2.24, 2.45) is 0 Å². The quantitative estimate of drug-likeness (QED) is 0.812. The number of hydrogen-bond acceptors (Lipinski definition) is 8. The van der Waals surface area contributed by atoms with Crippen LogP contribution in [0.15, 0.2) is 6.07 Å². The number of piperazine rings is 1. The summed E-state index contributed by atoms with van der Waals surface area (Å²) in [6, 6.07) is 1.00. The monoisotopic (exact) mass is 374 g/mol. The number of hydrogen-bond donors (Lipinski definition) is 0. The van der Waals surface area contributed by atoms with Crippen LogP contribution >= 0.6 is 11.5 Å². The molecule has 0 aromatic carbocycles. The minimum absolute atomic E-state index is 0.112. The number of methoxy groups -OCH3 is 1. The SMILES string of the molecule is COCc1nsc(N2CCN(c3cc(C(F)(F)F)nc(C)n3)CC2)n1. The minimum Gasteiger partial charge on any atom is -0.377 e. The van der Waals surface area contributed by atoms with Gasteiger partial charge in [0.2, 0.25) is 5.13 Å². The van der Waals surface area contributed by atoms with Gasteiger partial charge in [0.05, 0.1) is 0 Å². The molecule has 0 aliphatic carbocycles. The molecular weight excluding hydrogens is 357 g/mol. The van der Waals surface area contributed by atoms with E-state index in [1.807, 2.05) is 4.90 Å². The summed E-state index contributed by atoms with van der Waals surface area (Å²) >= 11 is 1.29. The normalized spacial score (nSPS) is 15.7. The molecular formula is C14H17F3N6OS. The Hall–Kier alpha value is -2.01. The average Bonchev–Trinajstić information content (AvgIpc) is 3.03. The van der Waals surface area contributed by atoms with E-state index >= 15 is 0 Å². The molecule has 1 aliphatic rings. The van der Waals surface area contributed by atoms with E-state index in [0.717, 1.165) is 11.2 Å². The number of ether oxygens (including phenoxy) is 1. The number of aromatic nitrogens is 4. The van der Waals surface area contributed by atoms with E-state index < -0.39 is 11.9 Å². The van der Waals surface area contributed by atoms with Gasteiger partial charge in [-0.2, -0.15) is 17.5 Å². The highest BCUT2D eigenvalue weighted by Gasteiger charge is 2.34. The van der Waals surface area contributed by atoms with E-state index in [2.05, 4.69) is 24.2 Å². The predicted molar refractivity (Wildman–Crippen MR) is 86.8 cm³/mol. The zero-order valence-corrected chi connectivity index (χ0v) is 14.6. The fraction of sp³-hybridized carbons (Fsp3) is 0.571. The van der Waals surface area contributed by atoms with Crippen LogP contribution in [0.2, 0.25) is 0 Å². The van der Waals surface area contributed by atoms with E-state index in [4.69, 9.17) is 4.74 Å². The minimum atomic E-state index is -4.48. The second-order valence-electron chi connectivity index (χ2n) is 5.56. The summed E-state index contributed by atoms with van der Waals surface area (Å²) in [5.41, 5.74) is -0.911. The highest BCUT2D eigenvalue weighted by Crippen LogP contribution is 2.30. The van der Waals surface area contributed by atoms with Crippen LogP contribution in [0, 0.1) is 6.92 Å². The zero-order valence-electron chi connectivity index (χ0n) is 13.7. The summed E-state index contributed by atoms with van der Waals surface area (Å²) in [6.45, 7) is 4.18. The predicted octanol–water partition coefficient (Wildman–Crippen LogP) is 2.13. The maximum Gasteiger partial charge on any atom is 0.433 e. The third-order valence-electron chi connectivity index (χ3n) is 3.72. The molecule has 25 heavy (non-hydrogen) atoms. The van der Waals surface area contributed by atoms with Gasteiger partial charge in [-0.3, -0.25) is 0 Å². The Labute approximate surface area is 146 Å². The first-order valence-electron chi connectivity index (χ1n) is 7.61. The lowest BCUT2D eigenvalue weighted by molar-refractivity contribution is -0.141. The molecule has 3 rings (SSSR count). The van der Waals surface area contributed by atoms with Crippen molar-refractivity contribution < 1.29 is 17.9 Å². The number of aryl methyl sites for hydroxylation is 1. The van der Waals surface area contributed by atoms with Crippen molar-refractivity contribution in [1.82, 2.24) is 19.3 Å². The number of rotatable bonds is 4. The van der Waals surface area contributed by atoms with E-state index in [-0.39, 0.29) is 5.82 Å². The fourth-order valence-electron chi connectivity index (χ4n) is 2.55. The van der Waals surface area contributed by atoms with Gasteiger partial charge in [0.1, 0.15) is 23.9 Å². The van der Waals surface area contributed by atoms with Crippen molar-refractivity contribution in [2.45, 2.75) is 19.7 Å². The second-order valence-corrected chi connectivity index (χ2v) is 6.29. The van der Waals surface area contributed by atoms with Crippen LogP contribution in [0.25, 0.3) is 0 Å². The van der Waals surface area contributed by atoms with Crippen molar-refractivity contribution in [1.29, 1.82) is 0 Å². The molecule has 2 aromatic heterocycles. The van der Waals surface area contributed by atoms with Crippen LogP contribution in [-0.4, -0.2) is 52.6 Å². The molecule has 0 saturated carbocycles. The van der Waals surface area contributed by atoms with Gasteiger partial charge in [0.15, 0.2) is 5.82 Å². The topological polar surface area (TPSA) is 67.3 Å². The number of anilines is 2. The lowest BCUT2D eigenvalue weighted by atomic mass is 10.3. The Balaban J connectivity index is 1.68. The molecule has 0 bridgehead atoms. The van der Waals surface area contributed by atoms with E-state index in [1.54, 1.807) is 7.11 Å². The van der Waals surface area contributed by atoms with Gasteiger partial charge in [0.25, 0.3) is 0 Å². The highest BCUT2D eigenvalue weighted by atomic mass is 32.1. The maximum absolute atomic E-state index is 12.9. The van der Waals surface area contributed by atoms with Crippen molar-refractivity contribution >= 4 is 22.5 Å². The lowest BCUT2D eigenvalue weighted by Gasteiger charge is -2.35. The lowest BCUT2D eigenvalue weighted by Crippen LogP contribution is -2.47. The highest BCUT2D eigenvalue weighted by molar-refractivity contribution is 7.09. The van der Waals surface area contributed by atoms with Gasteiger partial charge in [-0.05, 0) is 6.92 Å². The molecule has 0 radical (unpaired) electrons. The summed E-state index contributed by atoms with van der Waals surface area (Å²) in [5, 5.41) is 0.793. The molecule has 1 saturated heterocycles. The van der Waals surface area contributed by atoms with Crippen molar-refractivity contribution in [3.63, 3.8) is 0 Å². The largest absolute Gasteiger partial charge is 0.433 e. The summed E-state index contributed by atoms with van der Waals surface area (Å²) < 4.78 is 48.0. The summed E-state index contributed by atoms with van der Waals surface area (Å²) in [6.07, 6.45) is -4.48. The van der Waals surface area contributed by atoms with E-state index in [9.17, 15) is 13.2 Å². The van der Waals surface area contributed by atoms with Gasteiger partial charge in [-0.25, -0.2) is 15.0 Å². The Morgan fingerprint density at radius 1 is 1.12 bits per heavy atom.